The molecule has 6 nitrogen and oxygen atoms in total. The summed E-state index contributed by atoms with van der Waals surface area (Å²) < 4.78 is 10.4. The van der Waals surface area contributed by atoms with Crippen LogP contribution in [0.2, 0.25) is 0 Å². The molecule has 0 spiro atoms. The van der Waals surface area contributed by atoms with Crippen LogP contribution in [0.25, 0.3) is 0 Å². The quantitative estimate of drug-likeness (QED) is 0.892. The summed E-state index contributed by atoms with van der Waals surface area (Å²) in [7, 11) is 1.53. The Morgan fingerprint density at radius 2 is 2.00 bits per heavy atom. The zero-order chi connectivity index (χ0) is 16.5. The van der Waals surface area contributed by atoms with Gasteiger partial charge in [-0.3, -0.25) is 10.1 Å². The Labute approximate surface area is 129 Å². The van der Waals surface area contributed by atoms with E-state index in [9.17, 15) is 9.59 Å². The minimum Gasteiger partial charge on any atom is -0.497 e. The van der Waals surface area contributed by atoms with Crippen molar-refractivity contribution in [1.29, 1.82) is 0 Å². The molecule has 0 bridgehead atoms. The molecule has 1 saturated carbocycles. The van der Waals surface area contributed by atoms with Crippen molar-refractivity contribution in [3.63, 3.8) is 0 Å². The number of carboxylic acid groups (broad SMARTS) is 1. The van der Waals surface area contributed by atoms with E-state index in [1.165, 1.54) is 7.11 Å². The molecular formula is C16H21NO5. The van der Waals surface area contributed by atoms with Crippen LogP contribution in [0.1, 0.15) is 38.7 Å². The molecule has 6 heteroatoms. The number of rotatable bonds is 4. The van der Waals surface area contributed by atoms with Crippen LogP contribution in [0.3, 0.4) is 0 Å². The van der Waals surface area contributed by atoms with Crippen LogP contribution in [0.4, 0.5) is 10.5 Å². The number of carbonyl (C=O) groups excluding carboxylic acids is 1. The van der Waals surface area contributed by atoms with Crippen molar-refractivity contribution in [3.05, 3.63) is 23.8 Å². The number of methoxy groups -OCH3 is 1. The summed E-state index contributed by atoms with van der Waals surface area (Å²) in [6.45, 7) is 5.33. The lowest BCUT2D eigenvalue weighted by molar-refractivity contribution is -0.138. The van der Waals surface area contributed by atoms with Crippen LogP contribution in [-0.4, -0.2) is 29.9 Å². The van der Waals surface area contributed by atoms with Gasteiger partial charge >= 0.3 is 12.1 Å². The van der Waals surface area contributed by atoms with Crippen molar-refractivity contribution in [3.8, 4) is 5.75 Å². The molecule has 2 rings (SSSR count). The van der Waals surface area contributed by atoms with Gasteiger partial charge in [0.2, 0.25) is 0 Å². The van der Waals surface area contributed by atoms with Gasteiger partial charge in [-0.2, -0.15) is 0 Å². The molecule has 120 valence electrons. The fraction of sp³-hybridized carbons (Fsp3) is 0.500. The van der Waals surface area contributed by atoms with Gasteiger partial charge in [0.1, 0.15) is 11.4 Å². The van der Waals surface area contributed by atoms with E-state index in [-0.39, 0.29) is 5.92 Å². The average Bonchev–Trinajstić information content (AvgIpc) is 3.16. The van der Waals surface area contributed by atoms with Crippen molar-refractivity contribution in [2.75, 3.05) is 12.4 Å². The zero-order valence-electron chi connectivity index (χ0n) is 13.2. The Morgan fingerprint density at radius 1 is 1.32 bits per heavy atom. The normalized spacial score (nSPS) is 20.2. The second-order valence-electron chi connectivity index (χ2n) is 6.37. The molecule has 0 radical (unpaired) electrons. The fourth-order valence-electron chi connectivity index (χ4n) is 2.32. The van der Waals surface area contributed by atoms with E-state index < -0.39 is 23.6 Å². The van der Waals surface area contributed by atoms with Crippen molar-refractivity contribution < 1.29 is 24.2 Å². The fourth-order valence-corrected chi connectivity index (χ4v) is 2.32. The molecule has 1 fully saturated rings. The molecule has 1 aromatic carbocycles. The highest BCUT2D eigenvalue weighted by molar-refractivity contribution is 5.87. The maximum absolute atomic E-state index is 11.9. The summed E-state index contributed by atoms with van der Waals surface area (Å²) in [5.41, 5.74) is 0.716. The first-order valence-electron chi connectivity index (χ1n) is 7.12. The van der Waals surface area contributed by atoms with Gasteiger partial charge in [0.25, 0.3) is 0 Å². The second kappa shape index (κ2) is 5.87. The first-order chi connectivity index (χ1) is 10.2. The van der Waals surface area contributed by atoms with Gasteiger partial charge in [-0.1, -0.05) is 6.07 Å². The number of hydrogen-bond acceptors (Lipinski definition) is 4. The van der Waals surface area contributed by atoms with Gasteiger partial charge in [0.05, 0.1) is 18.7 Å². The molecule has 2 N–H and O–H groups in total. The van der Waals surface area contributed by atoms with Gasteiger partial charge in [0, 0.05) is 12.0 Å². The highest BCUT2D eigenvalue weighted by Gasteiger charge is 2.45. The SMILES string of the molecule is COc1ccc([C@@H]2C[C@H]2C(=O)O)c(NC(=O)OC(C)(C)C)c1. The topological polar surface area (TPSA) is 84.9 Å². The van der Waals surface area contributed by atoms with E-state index in [2.05, 4.69) is 5.32 Å². The summed E-state index contributed by atoms with van der Waals surface area (Å²) in [4.78, 5) is 23.0. The highest BCUT2D eigenvalue weighted by atomic mass is 16.6. The van der Waals surface area contributed by atoms with E-state index in [4.69, 9.17) is 14.6 Å². The van der Waals surface area contributed by atoms with Crippen molar-refractivity contribution >= 4 is 17.7 Å². The first-order valence-corrected chi connectivity index (χ1v) is 7.12. The molecule has 1 amide bonds. The first kappa shape index (κ1) is 16.1. The van der Waals surface area contributed by atoms with E-state index in [1.807, 2.05) is 0 Å². The minimum atomic E-state index is -0.816. The predicted octanol–water partition coefficient (Wildman–Crippen LogP) is 3.23. The van der Waals surface area contributed by atoms with Crippen LogP contribution in [-0.2, 0) is 9.53 Å². The van der Waals surface area contributed by atoms with E-state index >= 15 is 0 Å². The summed E-state index contributed by atoms with van der Waals surface area (Å²) in [5, 5.41) is 11.8. The number of carboxylic acids is 1. The lowest BCUT2D eigenvalue weighted by Crippen LogP contribution is -2.27. The van der Waals surface area contributed by atoms with Crippen LogP contribution >= 0.6 is 0 Å². The monoisotopic (exact) mass is 307 g/mol. The van der Waals surface area contributed by atoms with Crippen molar-refractivity contribution in [2.45, 2.75) is 38.7 Å². The third-order valence-corrected chi connectivity index (χ3v) is 3.40. The number of nitrogens with one attached hydrogen (secondary N) is 1. The summed E-state index contributed by atoms with van der Waals surface area (Å²) in [6.07, 6.45) is -0.000443. The molecule has 22 heavy (non-hydrogen) atoms. The largest absolute Gasteiger partial charge is 0.497 e. The number of ether oxygens (including phenoxy) is 2. The molecular weight excluding hydrogens is 286 g/mol. The van der Waals surface area contributed by atoms with Crippen LogP contribution < -0.4 is 10.1 Å². The summed E-state index contributed by atoms with van der Waals surface area (Å²) >= 11 is 0. The van der Waals surface area contributed by atoms with E-state index in [0.29, 0.717) is 17.9 Å². The molecule has 0 heterocycles. The van der Waals surface area contributed by atoms with Gasteiger partial charge in [-0.05, 0) is 38.8 Å². The van der Waals surface area contributed by atoms with Crippen LogP contribution in [0.15, 0.2) is 18.2 Å². The molecule has 0 aliphatic heterocycles. The zero-order valence-corrected chi connectivity index (χ0v) is 13.2. The number of anilines is 1. The Hall–Kier alpha value is -2.24. The predicted molar refractivity (Wildman–Crippen MR) is 81.3 cm³/mol. The smallest absolute Gasteiger partial charge is 0.412 e. The van der Waals surface area contributed by atoms with Gasteiger partial charge in [-0.15, -0.1) is 0 Å². The van der Waals surface area contributed by atoms with E-state index in [1.54, 1.807) is 39.0 Å². The number of carbonyl (C=O) groups is 2. The average molecular weight is 307 g/mol. The summed E-state index contributed by atoms with van der Waals surface area (Å²) in [6, 6.07) is 5.22. The summed E-state index contributed by atoms with van der Waals surface area (Å²) in [5.74, 6) is -0.715. The Bertz CT molecular complexity index is 591. The minimum absolute atomic E-state index is 0.0895. The van der Waals surface area contributed by atoms with Crippen LogP contribution in [0.5, 0.6) is 5.75 Å². The molecule has 2 atom stereocenters. The van der Waals surface area contributed by atoms with Crippen molar-refractivity contribution in [2.24, 2.45) is 5.92 Å². The molecule has 1 aliphatic rings. The lowest BCUT2D eigenvalue weighted by Gasteiger charge is -2.20. The van der Waals surface area contributed by atoms with Crippen LogP contribution in [0, 0.1) is 5.92 Å². The molecule has 0 saturated heterocycles. The molecule has 1 aromatic rings. The molecule has 1 aliphatic carbocycles. The van der Waals surface area contributed by atoms with E-state index in [0.717, 1.165) is 5.56 Å². The number of aliphatic carboxylic acids is 1. The second-order valence-corrected chi connectivity index (χ2v) is 6.37. The number of hydrogen-bond donors (Lipinski definition) is 2. The Morgan fingerprint density at radius 3 is 2.50 bits per heavy atom. The van der Waals surface area contributed by atoms with Gasteiger partial charge in [0.15, 0.2) is 0 Å². The standard InChI is InChI=1S/C16H21NO5/c1-16(2,3)22-15(20)17-13-7-9(21-4)5-6-10(13)11-8-12(11)14(18)19/h5-7,11-12H,8H2,1-4H3,(H,17,20)(H,18,19)/t11-,12+/m0/s1. The Kier molecular flexibility index (Phi) is 4.30. The third-order valence-electron chi connectivity index (χ3n) is 3.40. The van der Waals surface area contributed by atoms with Crippen molar-refractivity contribution in [1.82, 2.24) is 0 Å². The lowest BCUT2D eigenvalue weighted by atomic mass is 10.1. The maximum atomic E-state index is 11.9. The Balaban J connectivity index is 2.21. The third kappa shape index (κ3) is 3.90. The van der Waals surface area contributed by atoms with Gasteiger partial charge in [-0.25, -0.2) is 4.79 Å². The molecule has 0 aromatic heterocycles. The molecule has 0 unspecified atom stereocenters. The highest BCUT2D eigenvalue weighted by Crippen LogP contribution is 2.50. The van der Waals surface area contributed by atoms with Gasteiger partial charge < -0.3 is 14.6 Å². The number of benzene rings is 1. The maximum Gasteiger partial charge on any atom is 0.412 e. The number of amides is 1.